The lowest BCUT2D eigenvalue weighted by Gasteiger charge is -2.52. The predicted octanol–water partition coefficient (Wildman–Crippen LogP) is 5.12. The quantitative estimate of drug-likeness (QED) is 0.230. The highest BCUT2D eigenvalue weighted by Gasteiger charge is 2.60. The van der Waals surface area contributed by atoms with Crippen LogP contribution in [0.15, 0.2) is 49.1 Å². The van der Waals surface area contributed by atoms with Gasteiger partial charge in [-0.15, -0.1) is 12.4 Å². The van der Waals surface area contributed by atoms with E-state index in [2.05, 4.69) is 19.8 Å². The van der Waals surface area contributed by atoms with Crippen LogP contribution in [0.3, 0.4) is 0 Å². The highest BCUT2D eigenvalue weighted by molar-refractivity contribution is 5.99. The fourth-order valence-electron chi connectivity index (χ4n) is 9.58. The molecule has 2 N–H and O–H groups in total. The van der Waals surface area contributed by atoms with Gasteiger partial charge in [0.05, 0.1) is 34.7 Å². The summed E-state index contributed by atoms with van der Waals surface area (Å²) in [6, 6.07) is 11.8. The summed E-state index contributed by atoms with van der Waals surface area (Å²) in [4.78, 5) is 36.8. The Hall–Kier alpha value is -3.31. The molecule has 8 fully saturated rings. The zero-order valence-electron chi connectivity index (χ0n) is 28.1. The van der Waals surface area contributed by atoms with Gasteiger partial charge in [0.1, 0.15) is 5.75 Å². The van der Waals surface area contributed by atoms with E-state index in [0.29, 0.717) is 41.0 Å². The number of carbonyl (C=O) groups is 2. The average molecular weight is 674 g/mol. The maximum atomic E-state index is 12.9. The summed E-state index contributed by atoms with van der Waals surface area (Å²) in [6.07, 6.45) is 14.9. The lowest BCUT2D eigenvalue weighted by Crippen LogP contribution is -2.63. The lowest BCUT2D eigenvalue weighted by molar-refractivity contribution is -0.120. The van der Waals surface area contributed by atoms with Crippen LogP contribution in [0.4, 0.5) is 0 Å². The summed E-state index contributed by atoms with van der Waals surface area (Å²) in [5.74, 6) is 3.07. The molecule has 12 rings (SSSR count). The van der Waals surface area contributed by atoms with E-state index in [0.717, 1.165) is 45.9 Å². The molecule has 4 aromatic rings. The number of nitrogens with two attached hydrogens (primary N) is 1. The minimum atomic E-state index is 0. The molecule has 2 aromatic carbocycles. The number of ether oxygens (including phenoxy) is 1. The number of rotatable bonds is 5. The number of halogens is 1. The number of piperidine rings is 6. The van der Waals surface area contributed by atoms with E-state index in [1.807, 2.05) is 53.8 Å². The van der Waals surface area contributed by atoms with E-state index >= 15 is 0 Å². The number of nitrogens with zero attached hydrogens (tertiary/aromatic N) is 6. The van der Waals surface area contributed by atoms with Crippen LogP contribution in [0.25, 0.3) is 22.1 Å². The maximum absolute atomic E-state index is 12.9. The third-order valence-electron chi connectivity index (χ3n) is 12.6. The van der Waals surface area contributed by atoms with Crippen molar-refractivity contribution in [2.75, 3.05) is 26.2 Å². The molecule has 4 bridgehead atoms. The van der Waals surface area contributed by atoms with Gasteiger partial charge in [0.25, 0.3) is 6.47 Å². The molecule has 0 radical (unpaired) electrons. The van der Waals surface area contributed by atoms with Crippen LogP contribution >= 0.6 is 12.4 Å². The first kappa shape index (κ1) is 33.2. The van der Waals surface area contributed by atoms with E-state index in [1.54, 1.807) is 18.5 Å². The Morgan fingerprint density at radius 3 is 1.92 bits per heavy atom. The number of fused-ring (bicyclic) bond motifs is 6. The van der Waals surface area contributed by atoms with Crippen molar-refractivity contribution in [2.45, 2.75) is 74.9 Å². The fraction of sp³-hybridized carbons (Fsp3) is 0.568. The Bertz CT molecular complexity index is 1790. The number of Topliss-reactive ketones (excluding diaryl/α,β-unsaturated/α-hetero) is 1. The minimum Gasteiger partial charge on any atom is -0.429 e. The molecule has 8 aliphatic rings. The number of hydrogen-bond acceptors (Lipinski definition) is 8. The van der Waals surface area contributed by atoms with Crippen molar-refractivity contribution in [3.05, 3.63) is 54.6 Å². The summed E-state index contributed by atoms with van der Waals surface area (Å²) in [6.45, 7) is 5.60. The molecule has 6 saturated heterocycles. The molecule has 2 atom stereocenters. The number of imidazole rings is 2. The zero-order chi connectivity index (χ0) is 32.3. The van der Waals surface area contributed by atoms with Gasteiger partial charge < -0.3 is 19.6 Å². The van der Waals surface area contributed by atoms with Gasteiger partial charge in [-0.2, -0.15) is 0 Å². The van der Waals surface area contributed by atoms with Gasteiger partial charge in [0.15, 0.2) is 5.78 Å². The fourth-order valence-corrected chi connectivity index (χ4v) is 9.58. The number of ketones is 1. The van der Waals surface area contributed by atoms with Gasteiger partial charge in [0, 0.05) is 49.3 Å². The van der Waals surface area contributed by atoms with Gasteiger partial charge in [-0.3, -0.25) is 19.4 Å². The van der Waals surface area contributed by atoms with Crippen molar-refractivity contribution >= 4 is 46.7 Å². The Morgan fingerprint density at radius 1 is 0.833 bits per heavy atom. The normalized spacial score (nSPS) is 29.4. The Balaban J connectivity index is 0.000000124. The topological polar surface area (TPSA) is 112 Å². The molecule has 2 aromatic heterocycles. The van der Waals surface area contributed by atoms with Crippen molar-refractivity contribution in [2.24, 2.45) is 37.6 Å². The van der Waals surface area contributed by atoms with Gasteiger partial charge in [-0.25, -0.2) is 9.97 Å². The van der Waals surface area contributed by atoms with Gasteiger partial charge in [0.2, 0.25) is 0 Å². The number of aryl methyl sites for hydroxylation is 2. The number of hydrogen-bond donors (Lipinski definition) is 1. The van der Waals surface area contributed by atoms with E-state index in [-0.39, 0.29) is 12.4 Å². The number of benzene rings is 2. The van der Waals surface area contributed by atoms with Crippen LogP contribution in [0, 0.1) is 17.8 Å². The van der Waals surface area contributed by atoms with Crippen LogP contribution in [0.5, 0.6) is 5.75 Å². The van der Waals surface area contributed by atoms with Crippen LogP contribution in [-0.2, 0) is 18.9 Å². The van der Waals surface area contributed by atoms with Gasteiger partial charge in [-0.05, 0) is 126 Å². The molecule has 2 spiro atoms. The molecule has 6 aliphatic heterocycles. The van der Waals surface area contributed by atoms with Crippen LogP contribution < -0.4 is 10.5 Å². The predicted molar refractivity (Wildman–Crippen MR) is 188 cm³/mol. The van der Waals surface area contributed by atoms with E-state index in [9.17, 15) is 9.59 Å². The largest absolute Gasteiger partial charge is 0.429 e. The summed E-state index contributed by atoms with van der Waals surface area (Å²) < 4.78 is 8.57. The van der Waals surface area contributed by atoms with Gasteiger partial charge >= 0.3 is 0 Å². The second-order valence-corrected chi connectivity index (χ2v) is 14.9. The molecule has 2 saturated carbocycles. The van der Waals surface area contributed by atoms with Gasteiger partial charge in [-0.1, -0.05) is 0 Å². The summed E-state index contributed by atoms with van der Waals surface area (Å²) in [7, 11) is 3.87. The second-order valence-electron chi connectivity index (χ2n) is 14.9. The third-order valence-corrected chi connectivity index (χ3v) is 12.6. The number of aromatic nitrogens is 4. The van der Waals surface area contributed by atoms with E-state index < -0.39 is 0 Å². The van der Waals surface area contributed by atoms with E-state index in [4.69, 9.17) is 10.5 Å². The first-order chi connectivity index (χ1) is 22.8. The molecule has 256 valence electrons. The Kier molecular flexibility index (Phi) is 8.89. The highest BCUT2D eigenvalue weighted by atomic mass is 35.5. The molecule has 0 unspecified atom stereocenters. The summed E-state index contributed by atoms with van der Waals surface area (Å²) >= 11 is 0. The maximum Gasteiger partial charge on any atom is 0.298 e. The second kappa shape index (κ2) is 12.9. The first-order valence-electron chi connectivity index (χ1n) is 17.5. The summed E-state index contributed by atoms with van der Waals surface area (Å²) in [5.41, 5.74) is 11.8. The Labute approximate surface area is 288 Å². The zero-order valence-corrected chi connectivity index (χ0v) is 28.9. The molecule has 10 nitrogen and oxygen atoms in total. The van der Waals surface area contributed by atoms with Crippen molar-refractivity contribution in [3.63, 3.8) is 0 Å². The Morgan fingerprint density at radius 2 is 1.38 bits per heavy atom. The van der Waals surface area contributed by atoms with Crippen LogP contribution in [-0.4, -0.2) is 84.5 Å². The van der Waals surface area contributed by atoms with Crippen molar-refractivity contribution in [3.8, 4) is 5.75 Å². The van der Waals surface area contributed by atoms with Crippen LogP contribution in [0.2, 0.25) is 0 Å². The minimum absolute atomic E-state index is 0. The molecule has 0 amide bonds. The lowest BCUT2D eigenvalue weighted by atomic mass is 9.69. The van der Waals surface area contributed by atoms with E-state index in [1.165, 1.54) is 77.5 Å². The molecule has 48 heavy (non-hydrogen) atoms. The average Bonchev–Trinajstić information content (AvgIpc) is 4.01. The third kappa shape index (κ3) is 5.74. The SMILES string of the molecule is Cl.Cn1cnc2ccc(C(=O)C[C@@H]3C4CCN(CC4)C34CC4)cc21.Cn1cnc2ccc(OC=O)cc21.N[C@@H]1C2CCN(CC2)C12CC2. The first-order valence-corrected chi connectivity index (χ1v) is 17.5. The molecule has 11 heteroatoms. The van der Waals surface area contributed by atoms with Crippen molar-refractivity contribution < 1.29 is 14.3 Å². The number of carbonyl (C=O) groups excluding carboxylic acids is 2. The van der Waals surface area contributed by atoms with Crippen LogP contribution in [0.1, 0.15) is 68.1 Å². The standard InChI is InChI=1S/C19H23N3O.C9H8N2O2.C9H16N2.ClH/c1-21-12-20-16-3-2-14(10-17(16)21)18(23)11-15-13-4-8-22(9-5-13)19(15)6-7-19;1-11-5-10-8-3-2-7(13-6-12)4-9(8)11;10-8-7-1-5-11(6-2-7)9(8)3-4-9;/h2-3,10,12-13,15H,4-9,11H2,1H3;2-6H,1H3;7-8H,1-6,10H2;1H/t15-;;8-;/m1.1./s1. The highest BCUT2D eigenvalue weighted by Crippen LogP contribution is 2.58. The van der Waals surface area contributed by atoms with Crippen molar-refractivity contribution in [1.82, 2.24) is 28.9 Å². The monoisotopic (exact) mass is 673 g/mol. The smallest absolute Gasteiger partial charge is 0.298 e. The molecule has 2 aliphatic carbocycles. The summed E-state index contributed by atoms with van der Waals surface area (Å²) in [5, 5.41) is 0. The molecule has 8 heterocycles. The molecular formula is C37H48ClN7O3. The van der Waals surface area contributed by atoms with Crippen molar-refractivity contribution in [1.29, 1.82) is 0 Å². The molecular weight excluding hydrogens is 626 g/mol.